The van der Waals surface area contributed by atoms with Gasteiger partial charge in [0.15, 0.2) is 6.10 Å². The van der Waals surface area contributed by atoms with E-state index in [0.717, 1.165) is 0 Å². The summed E-state index contributed by atoms with van der Waals surface area (Å²) in [6.07, 6.45) is -0.290. The molecule has 0 heterocycles. The molecule has 2 N–H and O–H groups in total. The number of carbonyl (C=O) groups is 3. The zero-order valence-corrected chi connectivity index (χ0v) is 22.7. The van der Waals surface area contributed by atoms with Gasteiger partial charge in [0.1, 0.15) is 12.2 Å². The van der Waals surface area contributed by atoms with Gasteiger partial charge in [0.25, 0.3) is 5.91 Å². The van der Waals surface area contributed by atoms with Crippen molar-refractivity contribution >= 4 is 38.3 Å². The zero-order valence-electron chi connectivity index (χ0n) is 21.8. The van der Waals surface area contributed by atoms with Crippen LogP contribution in [0.3, 0.4) is 0 Å². The summed E-state index contributed by atoms with van der Waals surface area (Å²) >= 11 is 0. The van der Waals surface area contributed by atoms with Crippen LogP contribution in [0.5, 0.6) is 0 Å². The lowest BCUT2D eigenvalue weighted by molar-refractivity contribution is -0.145. The highest BCUT2D eigenvalue weighted by molar-refractivity contribution is 7.47. The standard InChI is InChI=1S/C21H38N3O11P/c1-8-22-18(26)31-14-16(35-19(27)23-9-2)15-34-36(28,29)33-13-11-24-17(25)21(5,6)32-12-10-20(3,4)30-7/h8-9,16H,10-15H2,1-7H3,(H,24,25)(H,28,29)/b22-8-,23-9-. The molecule has 0 aliphatic rings. The van der Waals surface area contributed by atoms with E-state index in [4.69, 9.17) is 28.0 Å². The molecule has 2 unspecified atom stereocenters. The van der Waals surface area contributed by atoms with Crippen LogP contribution < -0.4 is 5.32 Å². The van der Waals surface area contributed by atoms with E-state index in [-0.39, 0.29) is 19.8 Å². The van der Waals surface area contributed by atoms with Crippen LogP contribution in [-0.4, -0.2) is 92.8 Å². The van der Waals surface area contributed by atoms with Crippen LogP contribution in [0.4, 0.5) is 9.59 Å². The molecular formula is C21H38N3O11P. The second kappa shape index (κ2) is 16.5. The van der Waals surface area contributed by atoms with Gasteiger partial charge in [-0.15, -0.1) is 0 Å². The summed E-state index contributed by atoms with van der Waals surface area (Å²) in [6.45, 7) is 8.61. The van der Waals surface area contributed by atoms with E-state index in [1.165, 1.54) is 26.3 Å². The zero-order chi connectivity index (χ0) is 27.8. The molecule has 0 aliphatic carbocycles. The van der Waals surface area contributed by atoms with Gasteiger partial charge in [0.2, 0.25) is 0 Å². The molecule has 15 heteroatoms. The van der Waals surface area contributed by atoms with E-state index in [9.17, 15) is 23.8 Å². The molecule has 0 aromatic rings. The molecule has 0 fully saturated rings. The van der Waals surface area contributed by atoms with Gasteiger partial charge in [0.05, 0.1) is 25.4 Å². The highest BCUT2D eigenvalue weighted by atomic mass is 31.2. The smallest absolute Gasteiger partial charge is 0.444 e. The van der Waals surface area contributed by atoms with Crippen molar-refractivity contribution in [1.82, 2.24) is 5.32 Å². The summed E-state index contributed by atoms with van der Waals surface area (Å²) in [4.78, 5) is 51.9. The average Bonchev–Trinajstić information content (AvgIpc) is 2.78. The fourth-order valence-electron chi connectivity index (χ4n) is 2.17. The Bertz CT molecular complexity index is 815. The first-order valence-electron chi connectivity index (χ1n) is 11.1. The summed E-state index contributed by atoms with van der Waals surface area (Å²) in [5, 5.41) is 2.54. The first-order chi connectivity index (χ1) is 16.7. The third-order valence-electron chi connectivity index (χ3n) is 4.46. The van der Waals surface area contributed by atoms with E-state index in [1.807, 2.05) is 13.8 Å². The number of rotatable bonds is 16. The summed E-state index contributed by atoms with van der Waals surface area (Å²) in [6, 6.07) is 0. The highest BCUT2D eigenvalue weighted by Gasteiger charge is 2.30. The molecule has 0 bridgehead atoms. The minimum atomic E-state index is -4.60. The Kier molecular flexibility index (Phi) is 15.5. The lowest BCUT2D eigenvalue weighted by Crippen LogP contribution is -2.46. The van der Waals surface area contributed by atoms with Crippen molar-refractivity contribution in [3.05, 3.63) is 0 Å². The molecule has 0 radical (unpaired) electrons. The minimum Gasteiger partial charge on any atom is -0.444 e. The van der Waals surface area contributed by atoms with Crippen molar-refractivity contribution in [1.29, 1.82) is 0 Å². The Labute approximate surface area is 211 Å². The maximum atomic E-state index is 12.4. The van der Waals surface area contributed by atoms with Crippen LogP contribution >= 0.6 is 7.82 Å². The summed E-state index contributed by atoms with van der Waals surface area (Å²) in [5.74, 6) is -0.449. The fourth-order valence-corrected chi connectivity index (χ4v) is 2.93. The van der Waals surface area contributed by atoms with E-state index in [1.54, 1.807) is 21.0 Å². The predicted octanol–water partition coefficient (Wildman–Crippen LogP) is 2.67. The summed E-state index contributed by atoms with van der Waals surface area (Å²) in [7, 11) is -3.01. The number of carbonyl (C=O) groups excluding carboxylic acids is 3. The molecule has 0 rings (SSSR count). The number of phosphoric acid groups is 1. The third-order valence-corrected chi connectivity index (χ3v) is 5.45. The van der Waals surface area contributed by atoms with Crippen LogP contribution in [0, 0.1) is 0 Å². The quantitative estimate of drug-likeness (QED) is 0.167. The summed E-state index contributed by atoms with van der Waals surface area (Å²) in [5.41, 5.74) is -1.55. The van der Waals surface area contributed by atoms with Gasteiger partial charge in [0, 0.05) is 26.1 Å². The Morgan fingerprint density at radius 2 is 1.61 bits per heavy atom. The molecule has 208 valence electrons. The fraction of sp³-hybridized carbons (Fsp3) is 0.762. The third kappa shape index (κ3) is 15.7. The van der Waals surface area contributed by atoms with Gasteiger partial charge in [-0.1, -0.05) is 0 Å². The Morgan fingerprint density at radius 3 is 2.19 bits per heavy atom. The molecule has 2 atom stereocenters. The number of ether oxygens (including phenoxy) is 4. The van der Waals surface area contributed by atoms with Gasteiger partial charge in [-0.3, -0.25) is 13.8 Å². The molecule has 14 nitrogen and oxygen atoms in total. The van der Waals surface area contributed by atoms with E-state index < -0.39 is 56.4 Å². The van der Waals surface area contributed by atoms with Crippen LogP contribution in [0.2, 0.25) is 0 Å². The Balaban J connectivity index is 4.62. The molecule has 0 spiro atoms. The molecule has 0 aromatic heterocycles. The number of methoxy groups -OCH3 is 1. The minimum absolute atomic E-state index is 0.112. The van der Waals surface area contributed by atoms with Gasteiger partial charge in [-0.2, -0.15) is 9.98 Å². The topological polar surface area (TPSA) is 181 Å². The lowest BCUT2D eigenvalue weighted by atomic mass is 10.1. The molecule has 36 heavy (non-hydrogen) atoms. The van der Waals surface area contributed by atoms with Crippen LogP contribution in [0.15, 0.2) is 9.98 Å². The van der Waals surface area contributed by atoms with Gasteiger partial charge in [-0.05, 0) is 48.0 Å². The Morgan fingerprint density at radius 1 is 1.00 bits per heavy atom. The maximum Gasteiger partial charge on any atom is 0.472 e. The van der Waals surface area contributed by atoms with Gasteiger partial charge in [-0.25, -0.2) is 14.2 Å². The van der Waals surface area contributed by atoms with Crippen molar-refractivity contribution < 1.29 is 51.8 Å². The second-order valence-electron chi connectivity index (χ2n) is 8.28. The van der Waals surface area contributed by atoms with Crippen LogP contribution in [0.25, 0.3) is 0 Å². The normalized spacial score (nSPS) is 15.0. The van der Waals surface area contributed by atoms with Crippen molar-refractivity contribution in [2.45, 2.75) is 65.3 Å². The van der Waals surface area contributed by atoms with Crippen molar-refractivity contribution in [2.75, 3.05) is 40.1 Å². The van der Waals surface area contributed by atoms with Crippen molar-refractivity contribution in [3.63, 3.8) is 0 Å². The molecule has 0 aromatic carbocycles. The molecule has 0 saturated carbocycles. The average molecular weight is 540 g/mol. The molecule has 3 amide bonds. The molecule has 0 aliphatic heterocycles. The highest BCUT2D eigenvalue weighted by Crippen LogP contribution is 2.43. The van der Waals surface area contributed by atoms with E-state index >= 15 is 0 Å². The van der Waals surface area contributed by atoms with E-state index in [2.05, 4.69) is 15.3 Å². The van der Waals surface area contributed by atoms with E-state index in [0.29, 0.717) is 6.42 Å². The maximum absolute atomic E-state index is 12.4. The SMILES string of the molecule is C/C=N\C(=O)OCC(COP(=O)(O)OCCNC(=O)C(C)(C)OCCC(C)(C)OC)OC(=O)/N=C\C. The van der Waals surface area contributed by atoms with Gasteiger partial charge >= 0.3 is 20.0 Å². The van der Waals surface area contributed by atoms with Crippen molar-refractivity contribution in [2.24, 2.45) is 9.98 Å². The number of nitrogens with one attached hydrogen (secondary N) is 1. The van der Waals surface area contributed by atoms with Crippen molar-refractivity contribution in [3.8, 4) is 0 Å². The number of aliphatic imine (C=N–C) groups is 2. The summed E-state index contributed by atoms with van der Waals surface area (Å²) < 4.78 is 42.4. The second-order valence-corrected chi connectivity index (χ2v) is 9.74. The number of nitrogens with zero attached hydrogens (tertiary/aromatic N) is 2. The predicted molar refractivity (Wildman–Crippen MR) is 130 cm³/mol. The number of amides is 3. The monoisotopic (exact) mass is 539 g/mol. The first-order valence-corrected chi connectivity index (χ1v) is 12.6. The van der Waals surface area contributed by atoms with Crippen LogP contribution in [0.1, 0.15) is 48.0 Å². The Hall–Kier alpha value is -2.22. The number of hydrogen-bond acceptors (Lipinski definition) is 10. The largest absolute Gasteiger partial charge is 0.472 e. The van der Waals surface area contributed by atoms with Gasteiger partial charge < -0.3 is 29.2 Å². The first kappa shape index (κ1) is 33.8. The number of hydrogen-bond donors (Lipinski definition) is 2. The van der Waals surface area contributed by atoms with Crippen LogP contribution in [-0.2, 0) is 37.4 Å². The molecular weight excluding hydrogens is 501 g/mol. The number of phosphoric ester groups is 1. The molecule has 0 saturated heterocycles. The lowest BCUT2D eigenvalue weighted by Gasteiger charge is -2.28.